The molecule has 5 heteroatoms. The summed E-state index contributed by atoms with van der Waals surface area (Å²) in [6.07, 6.45) is 6.72. The molecule has 0 aromatic carbocycles. The molecule has 0 spiro atoms. The molecular weight excluding hydrogens is 344 g/mol. The lowest BCUT2D eigenvalue weighted by Gasteiger charge is -2.32. The number of carbonyl (C=O) groups excluding carboxylic acids is 1. The predicted molar refractivity (Wildman–Crippen MR) is 107 cm³/mol. The number of rotatable bonds is 2. The molecule has 0 radical (unpaired) electrons. The Bertz CT molecular complexity index is 545. The predicted octanol–water partition coefficient (Wildman–Crippen LogP) is 3.52. The summed E-state index contributed by atoms with van der Waals surface area (Å²) in [6.45, 7) is 10.9. The van der Waals surface area contributed by atoms with Crippen molar-refractivity contribution in [1.29, 1.82) is 0 Å². The van der Waals surface area contributed by atoms with Gasteiger partial charge in [-0.05, 0) is 64.4 Å². The molecule has 0 saturated carbocycles. The Morgan fingerprint density at radius 1 is 1.26 bits per heavy atom. The molecule has 156 valence electrons. The summed E-state index contributed by atoms with van der Waals surface area (Å²) in [4.78, 5) is 11.5. The number of hydrogen-bond donors (Lipinski definition) is 3. The van der Waals surface area contributed by atoms with Crippen molar-refractivity contribution in [3.05, 3.63) is 23.8 Å². The summed E-state index contributed by atoms with van der Waals surface area (Å²) in [5.74, 6) is 0.111. The monoisotopic (exact) mass is 382 g/mol. The minimum atomic E-state index is -1.16. The summed E-state index contributed by atoms with van der Waals surface area (Å²) < 4.78 is 5.38. The average Bonchev–Trinajstić information content (AvgIpc) is 2.49. The van der Waals surface area contributed by atoms with Crippen molar-refractivity contribution in [2.45, 2.75) is 97.1 Å². The van der Waals surface area contributed by atoms with Crippen molar-refractivity contribution in [2.24, 2.45) is 11.8 Å². The Balaban J connectivity index is 3.18. The molecule has 0 unspecified atom stereocenters. The lowest BCUT2D eigenvalue weighted by molar-refractivity contribution is -0.145. The fourth-order valence-electron chi connectivity index (χ4n) is 3.51. The Kier molecular flexibility index (Phi) is 8.71. The van der Waals surface area contributed by atoms with E-state index >= 15 is 0 Å². The third kappa shape index (κ3) is 8.58. The van der Waals surface area contributed by atoms with Gasteiger partial charge in [0.1, 0.15) is 6.10 Å². The van der Waals surface area contributed by atoms with E-state index in [9.17, 15) is 20.1 Å². The van der Waals surface area contributed by atoms with Gasteiger partial charge < -0.3 is 20.1 Å². The molecule has 1 rings (SSSR count). The summed E-state index contributed by atoms with van der Waals surface area (Å²) in [7, 11) is 0. The molecule has 3 N–H and O–H groups in total. The zero-order chi connectivity index (χ0) is 20.8. The van der Waals surface area contributed by atoms with Crippen molar-refractivity contribution >= 4 is 5.97 Å². The van der Waals surface area contributed by atoms with Gasteiger partial charge in [-0.25, -0.2) is 0 Å². The number of allylic oxidation sites excluding steroid dienone is 2. The first-order valence-corrected chi connectivity index (χ1v) is 9.99. The van der Waals surface area contributed by atoms with Gasteiger partial charge in [0.2, 0.25) is 0 Å². The number of carbonyl (C=O) groups is 1. The van der Waals surface area contributed by atoms with Crippen LogP contribution in [0.1, 0.15) is 73.6 Å². The highest BCUT2D eigenvalue weighted by atomic mass is 16.5. The second kappa shape index (κ2) is 9.85. The van der Waals surface area contributed by atoms with Gasteiger partial charge in [0.25, 0.3) is 0 Å². The van der Waals surface area contributed by atoms with Gasteiger partial charge in [-0.2, -0.15) is 0 Å². The number of aliphatic hydroxyl groups excluding tert-OH is 1. The maximum Gasteiger partial charge on any atom is 0.303 e. The lowest BCUT2D eigenvalue weighted by atomic mass is 9.82. The summed E-state index contributed by atoms with van der Waals surface area (Å²) >= 11 is 0. The van der Waals surface area contributed by atoms with Crippen LogP contribution in [0, 0.1) is 11.8 Å². The van der Waals surface area contributed by atoms with Crippen LogP contribution in [0.4, 0.5) is 0 Å². The van der Waals surface area contributed by atoms with E-state index in [1.807, 2.05) is 19.1 Å². The lowest BCUT2D eigenvalue weighted by Crippen LogP contribution is -2.40. The molecule has 5 nitrogen and oxygen atoms in total. The van der Waals surface area contributed by atoms with Gasteiger partial charge >= 0.3 is 5.97 Å². The summed E-state index contributed by atoms with van der Waals surface area (Å²) in [5.41, 5.74) is -1.33. The highest BCUT2D eigenvalue weighted by molar-refractivity contribution is 5.66. The highest BCUT2D eigenvalue weighted by Crippen LogP contribution is 2.29. The van der Waals surface area contributed by atoms with Crippen LogP contribution in [0.2, 0.25) is 0 Å². The van der Waals surface area contributed by atoms with E-state index in [4.69, 9.17) is 4.74 Å². The van der Waals surface area contributed by atoms with Crippen LogP contribution in [0.25, 0.3) is 0 Å². The molecule has 0 amide bonds. The van der Waals surface area contributed by atoms with Crippen molar-refractivity contribution < 1.29 is 24.9 Å². The molecule has 1 aliphatic carbocycles. The van der Waals surface area contributed by atoms with Crippen molar-refractivity contribution in [3.8, 4) is 0 Å². The molecule has 0 aromatic rings. The summed E-state index contributed by atoms with van der Waals surface area (Å²) in [5, 5.41) is 32.0. The maximum atomic E-state index is 11.5. The third-order valence-electron chi connectivity index (χ3n) is 5.47. The van der Waals surface area contributed by atoms with Gasteiger partial charge in [0.05, 0.1) is 17.3 Å². The fraction of sp³-hybridized carbons (Fsp3) is 0.773. The van der Waals surface area contributed by atoms with E-state index in [0.29, 0.717) is 25.2 Å². The van der Waals surface area contributed by atoms with Crippen LogP contribution in [0.3, 0.4) is 0 Å². The number of aliphatic hydroxyl groups is 3. The largest absolute Gasteiger partial charge is 0.458 e. The van der Waals surface area contributed by atoms with E-state index in [-0.39, 0.29) is 12.3 Å². The van der Waals surface area contributed by atoms with Crippen molar-refractivity contribution in [2.75, 3.05) is 0 Å². The molecule has 0 aromatic heterocycles. The summed E-state index contributed by atoms with van der Waals surface area (Å²) in [6, 6.07) is 0. The number of ether oxygens (including phenoxy) is 1. The number of esters is 1. The Morgan fingerprint density at radius 2 is 1.89 bits per heavy atom. The topological polar surface area (TPSA) is 87.0 Å². The zero-order valence-corrected chi connectivity index (χ0v) is 17.7. The molecule has 0 fully saturated rings. The smallest absolute Gasteiger partial charge is 0.303 e. The van der Waals surface area contributed by atoms with Gasteiger partial charge in [-0.1, -0.05) is 31.6 Å². The number of hydrogen-bond acceptors (Lipinski definition) is 5. The highest BCUT2D eigenvalue weighted by Gasteiger charge is 2.32. The molecular formula is C22H38O5. The molecule has 0 aliphatic heterocycles. The molecule has 5 atom stereocenters. The van der Waals surface area contributed by atoms with Crippen molar-refractivity contribution in [3.63, 3.8) is 0 Å². The molecule has 1 aliphatic rings. The first-order chi connectivity index (χ1) is 12.3. The van der Waals surface area contributed by atoms with Crippen LogP contribution in [0.15, 0.2) is 23.8 Å². The molecule has 0 bridgehead atoms. The van der Waals surface area contributed by atoms with Gasteiger partial charge in [0.15, 0.2) is 0 Å². The van der Waals surface area contributed by atoms with Gasteiger partial charge in [-0.3, -0.25) is 4.79 Å². The van der Waals surface area contributed by atoms with Gasteiger partial charge in [-0.15, -0.1) is 0 Å². The average molecular weight is 383 g/mol. The van der Waals surface area contributed by atoms with E-state index in [1.165, 1.54) is 6.92 Å². The van der Waals surface area contributed by atoms with E-state index < -0.39 is 29.4 Å². The van der Waals surface area contributed by atoms with E-state index in [2.05, 4.69) is 13.8 Å². The van der Waals surface area contributed by atoms with Crippen LogP contribution < -0.4 is 0 Å². The fourth-order valence-corrected chi connectivity index (χ4v) is 3.51. The van der Waals surface area contributed by atoms with Crippen LogP contribution in [-0.4, -0.2) is 44.7 Å². The van der Waals surface area contributed by atoms with Crippen LogP contribution >= 0.6 is 0 Å². The van der Waals surface area contributed by atoms with Crippen molar-refractivity contribution in [1.82, 2.24) is 0 Å². The Morgan fingerprint density at radius 3 is 2.44 bits per heavy atom. The minimum Gasteiger partial charge on any atom is -0.458 e. The Labute approximate surface area is 164 Å². The third-order valence-corrected chi connectivity index (χ3v) is 5.47. The first-order valence-electron chi connectivity index (χ1n) is 9.99. The Hall–Kier alpha value is -1.17. The normalized spacial score (nSPS) is 39.9. The molecule has 0 heterocycles. The van der Waals surface area contributed by atoms with E-state index in [0.717, 1.165) is 12.0 Å². The zero-order valence-electron chi connectivity index (χ0n) is 17.7. The first kappa shape index (κ1) is 23.9. The second-order valence-corrected chi connectivity index (χ2v) is 8.94. The SMILES string of the molecule is CC(=O)O[C@H]1/C=C(\C)CC[C@H](O)[C@@](C)(O)CC[C@@H](C(C)C)/C=C/[C@](C)(O)C1. The second-order valence-electron chi connectivity index (χ2n) is 8.94. The van der Waals surface area contributed by atoms with Crippen LogP contribution in [-0.2, 0) is 9.53 Å². The van der Waals surface area contributed by atoms with E-state index in [1.54, 1.807) is 19.9 Å². The quantitative estimate of drug-likeness (QED) is 0.502. The maximum absolute atomic E-state index is 11.5. The van der Waals surface area contributed by atoms with Gasteiger partial charge in [0, 0.05) is 13.3 Å². The molecule has 0 saturated heterocycles. The van der Waals surface area contributed by atoms with Crippen LogP contribution in [0.5, 0.6) is 0 Å². The molecule has 27 heavy (non-hydrogen) atoms. The minimum absolute atomic E-state index is 0.169. The standard InChI is InChI=1S/C22H38O5/c1-15(2)18-9-11-21(5,25)14-19(27-17(4)23)13-16(3)7-8-20(24)22(6,26)12-10-18/h9,11,13,15,18-20,24-26H,7-8,10,12,14H2,1-6H3/b11-9+,16-13+/t18-,19-,20-,21-,22-/m0/s1.